The SMILES string of the molecule is COC(=O)CN(C)Cc1nnc(-c2ccco2)o1. The fourth-order valence-electron chi connectivity index (χ4n) is 1.39. The molecule has 0 aliphatic carbocycles. The van der Waals surface area contributed by atoms with Crippen LogP contribution in [-0.4, -0.2) is 41.8 Å². The number of carbonyl (C=O) groups is 1. The average molecular weight is 251 g/mol. The zero-order valence-corrected chi connectivity index (χ0v) is 10.1. The molecule has 18 heavy (non-hydrogen) atoms. The summed E-state index contributed by atoms with van der Waals surface area (Å²) >= 11 is 0. The smallest absolute Gasteiger partial charge is 0.319 e. The number of furan rings is 1. The summed E-state index contributed by atoms with van der Waals surface area (Å²) < 4.78 is 15.1. The number of rotatable bonds is 5. The fraction of sp³-hybridized carbons (Fsp3) is 0.364. The molecule has 2 aromatic heterocycles. The molecule has 0 bridgehead atoms. The van der Waals surface area contributed by atoms with Gasteiger partial charge in [0.05, 0.1) is 26.5 Å². The Labute approximate surface area is 103 Å². The topological polar surface area (TPSA) is 81.6 Å². The van der Waals surface area contributed by atoms with Gasteiger partial charge in [-0.2, -0.15) is 0 Å². The van der Waals surface area contributed by atoms with Crippen LogP contribution in [0.1, 0.15) is 5.89 Å². The number of ether oxygens (including phenoxy) is 1. The zero-order valence-electron chi connectivity index (χ0n) is 10.1. The van der Waals surface area contributed by atoms with Crippen LogP contribution in [0.25, 0.3) is 11.7 Å². The van der Waals surface area contributed by atoms with Crippen LogP contribution in [0.5, 0.6) is 0 Å². The van der Waals surface area contributed by atoms with Crippen LogP contribution in [0, 0.1) is 0 Å². The number of nitrogens with zero attached hydrogens (tertiary/aromatic N) is 3. The van der Waals surface area contributed by atoms with Crippen molar-refractivity contribution in [3.05, 3.63) is 24.3 Å². The molecule has 0 saturated carbocycles. The molecule has 0 radical (unpaired) electrons. The average Bonchev–Trinajstić information content (AvgIpc) is 2.98. The summed E-state index contributed by atoms with van der Waals surface area (Å²) in [5.41, 5.74) is 0. The molecule has 2 rings (SSSR count). The second kappa shape index (κ2) is 5.46. The maximum absolute atomic E-state index is 11.1. The molecule has 0 aliphatic rings. The maximum atomic E-state index is 11.1. The molecule has 0 amide bonds. The highest BCUT2D eigenvalue weighted by Gasteiger charge is 2.14. The van der Waals surface area contributed by atoms with Gasteiger partial charge in [-0.3, -0.25) is 9.69 Å². The summed E-state index contributed by atoms with van der Waals surface area (Å²) in [5, 5.41) is 7.73. The number of methoxy groups -OCH3 is 1. The van der Waals surface area contributed by atoms with Crippen molar-refractivity contribution < 1.29 is 18.4 Å². The van der Waals surface area contributed by atoms with Crippen LogP contribution < -0.4 is 0 Å². The number of carbonyl (C=O) groups excluding carboxylic acids is 1. The van der Waals surface area contributed by atoms with E-state index in [1.807, 2.05) is 0 Å². The van der Waals surface area contributed by atoms with E-state index in [-0.39, 0.29) is 12.5 Å². The van der Waals surface area contributed by atoms with E-state index in [0.717, 1.165) is 0 Å². The number of esters is 1. The van der Waals surface area contributed by atoms with Crippen LogP contribution in [0.15, 0.2) is 27.2 Å². The van der Waals surface area contributed by atoms with Gasteiger partial charge in [-0.05, 0) is 19.2 Å². The molecule has 0 aromatic carbocycles. The molecule has 7 heteroatoms. The summed E-state index contributed by atoms with van der Waals surface area (Å²) in [6, 6.07) is 3.47. The Balaban J connectivity index is 1.96. The number of likely N-dealkylation sites (N-methyl/N-ethyl adjacent to an activating group) is 1. The lowest BCUT2D eigenvalue weighted by Gasteiger charge is -2.11. The molecule has 0 saturated heterocycles. The van der Waals surface area contributed by atoms with Crippen LogP contribution in [0.4, 0.5) is 0 Å². The molecule has 0 N–H and O–H groups in total. The second-order valence-corrected chi connectivity index (χ2v) is 3.73. The van der Waals surface area contributed by atoms with E-state index < -0.39 is 0 Å². The predicted molar refractivity (Wildman–Crippen MR) is 60.4 cm³/mol. The minimum atomic E-state index is -0.316. The molecule has 0 fully saturated rings. The highest BCUT2D eigenvalue weighted by Crippen LogP contribution is 2.18. The molecule has 0 unspecified atom stereocenters. The third kappa shape index (κ3) is 2.95. The molecule has 0 atom stereocenters. The van der Waals surface area contributed by atoms with Crippen molar-refractivity contribution in [2.45, 2.75) is 6.54 Å². The Morgan fingerprint density at radius 3 is 3.00 bits per heavy atom. The van der Waals surface area contributed by atoms with Gasteiger partial charge in [0.25, 0.3) is 5.89 Å². The molecule has 2 aromatic rings. The van der Waals surface area contributed by atoms with Gasteiger partial charge in [0.1, 0.15) is 0 Å². The Morgan fingerprint density at radius 1 is 1.50 bits per heavy atom. The minimum Gasteiger partial charge on any atom is -0.468 e. The van der Waals surface area contributed by atoms with Gasteiger partial charge in [0.15, 0.2) is 5.76 Å². The fourth-order valence-corrected chi connectivity index (χ4v) is 1.39. The Hall–Kier alpha value is -2.15. The van der Waals surface area contributed by atoms with E-state index in [1.54, 1.807) is 24.1 Å². The van der Waals surface area contributed by atoms with Crippen molar-refractivity contribution in [2.75, 3.05) is 20.7 Å². The quantitative estimate of drug-likeness (QED) is 0.731. The number of hydrogen-bond acceptors (Lipinski definition) is 7. The van der Waals surface area contributed by atoms with Crippen molar-refractivity contribution in [2.24, 2.45) is 0 Å². The van der Waals surface area contributed by atoms with Gasteiger partial charge in [0, 0.05) is 0 Å². The first-order chi connectivity index (χ1) is 8.69. The predicted octanol–water partition coefficient (Wildman–Crippen LogP) is 0.934. The standard InChI is InChI=1S/C11H13N3O4/c1-14(7-10(15)16-2)6-9-12-13-11(18-9)8-4-3-5-17-8/h3-5H,6-7H2,1-2H3. The highest BCUT2D eigenvalue weighted by atomic mass is 16.5. The van der Waals surface area contributed by atoms with E-state index in [2.05, 4.69) is 14.9 Å². The summed E-state index contributed by atoms with van der Waals surface area (Å²) in [5.74, 6) is 0.932. The highest BCUT2D eigenvalue weighted by molar-refractivity contribution is 5.71. The van der Waals surface area contributed by atoms with Gasteiger partial charge in [-0.15, -0.1) is 10.2 Å². The Bertz CT molecular complexity index is 506. The molecule has 0 aliphatic heterocycles. The van der Waals surface area contributed by atoms with E-state index in [0.29, 0.717) is 24.1 Å². The van der Waals surface area contributed by atoms with Crippen molar-refractivity contribution in [3.63, 3.8) is 0 Å². The van der Waals surface area contributed by atoms with Crippen LogP contribution in [0.2, 0.25) is 0 Å². The minimum absolute atomic E-state index is 0.162. The van der Waals surface area contributed by atoms with Gasteiger partial charge in [-0.25, -0.2) is 0 Å². The number of hydrogen-bond donors (Lipinski definition) is 0. The van der Waals surface area contributed by atoms with E-state index >= 15 is 0 Å². The summed E-state index contributed by atoms with van der Waals surface area (Å²) in [6.07, 6.45) is 1.53. The van der Waals surface area contributed by atoms with Crippen molar-refractivity contribution in [1.82, 2.24) is 15.1 Å². The van der Waals surface area contributed by atoms with E-state index in [9.17, 15) is 4.79 Å². The third-order valence-electron chi connectivity index (χ3n) is 2.23. The molecule has 96 valence electrons. The molecular formula is C11H13N3O4. The first-order valence-corrected chi connectivity index (χ1v) is 5.30. The normalized spacial score (nSPS) is 10.8. The third-order valence-corrected chi connectivity index (χ3v) is 2.23. The molecule has 2 heterocycles. The summed E-state index contributed by atoms with van der Waals surface area (Å²) in [4.78, 5) is 12.8. The summed E-state index contributed by atoms with van der Waals surface area (Å²) in [7, 11) is 3.10. The number of aromatic nitrogens is 2. The second-order valence-electron chi connectivity index (χ2n) is 3.73. The van der Waals surface area contributed by atoms with Crippen molar-refractivity contribution >= 4 is 5.97 Å². The van der Waals surface area contributed by atoms with Crippen molar-refractivity contribution in [1.29, 1.82) is 0 Å². The molecule has 0 spiro atoms. The van der Waals surface area contributed by atoms with Crippen LogP contribution >= 0.6 is 0 Å². The maximum Gasteiger partial charge on any atom is 0.319 e. The van der Waals surface area contributed by atoms with Gasteiger partial charge in [0.2, 0.25) is 5.89 Å². The lowest BCUT2D eigenvalue weighted by Crippen LogP contribution is -2.26. The Morgan fingerprint density at radius 2 is 2.33 bits per heavy atom. The van der Waals surface area contributed by atoms with Crippen molar-refractivity contribution in [3.8, 4) is 11.7 Å². The first kappa shape index (κ1) is 12.3. The monoisotopic (exact) mass is 251 g/mol. The van der Waals surface area contributed by atoms with Gasteiger partial charge in [-0.1, -0.05) is 0 Å². The molecule has 7 nitrogen and oxygen atoms in total. The first-order valence-electron chi connectivity index (χ1n) is 5.30. The van der Waals surface area contributed by atoms with Gasteiger partial charge < -0.3 is 13.6 Å². The van der Waals surface area contributed by atoms with Gasteiger partial charge >= 0.3 is 5.97 Å². The van der Waals surface area contributed by atoms with E-state index in [4.69, 9.17) is 8.83 Å². The molecular weight excluding hydrogens is 238 g/mol. The lowest BCUT2D eigenvalue weighted by atomic mass is 10.4. The van der Waals surface area contributed by atoms with E-state index in [1.165, 1.54) is 13.4 Å². The largest absolute Gasteiger partial charge is 0.468 e. The van der Waals surface area contributed by atoms with Crippen LogP contribution in [0.3, 0.4) is 0 Å². The lowest BCUT2D eigenvalue weighted by molar-refractivity contribution is -0.141. The van der Waals surface area contributed by atoms with Crippen LogP contribution in [-0.2, 0) is 16.1 Å². The Kier molecular flexibility index (Phi) is 3.73. The zero-order chi connectivity index (χ0) is 13.0. The summed E-state index contributed by atoms with van der Waals surface area (Å²) in [6.45, 7) is 0.526.